The monoisotopic (exact) mass is 407 g/mol. The van der Waals surface area contributed by atoms with Crippen LogP contribution in [0.5, 0.6) is 0 Å². The lowest BCUT2D eigenvalue weighted by atomic mass is 10.2. The summed E-state index contributed by atoms with van der Waals surface area (Å²) in [6.07, 6.45) is 0.375. The van der Waals surface area contributed by atoms with Gasteiger partial charge < -0.3 is 14.8 Å². The van der Waals surface area contributed by atoms with Crippen LogP contribution in [0.1, 0.15) is 41.7 Å². The summed E-state index contributed by atoms with van der Waals surface area (Å²) in [5, 5.41) is 2.51. The van der Waals surface area contributed by atoms with E-state index in [0.29, 0.717) is 17.7 Å². The fourth-order valence-corrected chi connectivity index (χ4v) is 3.57. The number of esters is 1. The highest BCUT2D eigenvalue weighted by Crippen LogP contribution is 2.20. The molecule has 0 saturated heterocycles. The van der Waals surface area contributed by atoms with E-state index in [9.17, 15) is 18.0 Å². The van der Waals surface area contributed by atoms with Gasteiger partial charge in [-0.3, -0.25) is 4.18 Å². The van der Waals surface area contributed by atoms with Gasteiger partial charge in [-0.05, 0) is 45.7 Å². The van der Waals surface area contributed by atoms with Crippen molar-refractivity contribution in [2.45, 2.75) is 45.3 Å². The number of nitrogens with one attached hydrogen (secondary N) is 1. The molecule has 0 bridgehead atoms. The van der Waals surface area contributed by atoms with E-state index in [4.69, 9.17) is 8.92 Å². The number of aryl methyl sites for hydroxylation is 1. The minimum atomic E-state index is -3.69. The largest absolute Gasteiger partial charge is 0.465 e. The summed E-state index contributed by atoms with van der Waals surface area (Å²) in [5.74, 6) is -0.420. The molecule has 1 aromatic heterocycles. The van der Waals surface area contributed by atoms with E-state index in [0.717, 1.165) is 11.1 Å². The predicted octanol–water partition coefficient (Wildman–Crippen LogP) is 2.34. The van der Waals surface area contributed by atoms with Crippen LogP contribution in [-0.4, -0.2) is 52.1 Å². The van der Waals surface area contributed by atoms with Crippen molar-refractivity contribution >= 4 is 33.5 Å². The molecule has 0 saturated carbocycles. The van der Waals surface area contributed by atoms with Crippen molar-refractivity contribution in [2.24, 2.45) is 0 Å². The second-order valence-corrected chi connectivity index (χ2v) is 9.37. The van der Waals surface area contributed by atoms with Crippen molar-refractivity contribution in [2.75, 3.05) is 19.9 Å². The third-order valence-corrected chi connectivity index (χ3v) is 4.69. The number of carbonyl (C=O) groups excluding carboxylic acids is 2. The molecular formula is C16H25NO7S2. The lowest BCUT2D eigenvalue weighted by Gasteiger charge is -2.21. The van der Waals surface area contributed by atoms with E-state index in [1.807, 2.05) is 0 Å². The topological polar surface area (TPSA) is 108 Å². The van der Waals surface area contributed by atoms with Crippen LogP contribution in [0.25, 0.3) is 0 Å². The Morgan fingerprint density at radius 1 is 1.27 bits per heavy atom. The minimum Gasteiger partial charge on any atom is -0.465 e. The molecule has 0 aliphatic carbocycles. The number of hydrogen-bond donors (Lipinski definition) is 1. The number of hydrogen-bond acceptors (Lipinski definition) is 8. The summed E-state index contributed by atoms with van der Waals surface area (Å²) in [4.78, 5) is 24.5. The number of carbonyl (C=O) groups is 2. The van der Waals surface area contributed by atoms with Crippen LogP contribution in [0.3, 0.4) is 0 Å². The molecule has 26 heavy (non-hydrogen) atoms. The van der Waals surface area contributed by atoms with Gasteiger partial charge in [0.15, 0.2) is 0 Å². The number of alkyl carbamates (subject to hydrolysis) is 1. The summed E-state index contributed by atoms with van der Waals surface area (Å²) in [6, 6.07) is 3.42. The lowest BCUT2D eigenvalue weighted by Crippen LogP contribution is -2.38. The summed E-state index contributed by atoms with van der Waals surface area (Å²) < 4.78 is 37.7. The number of ether oxygens (including phenoxy) is 2. The normalized spacial score (nSPS) is 13.1. The molecule has 0 fully saturated rings. The molecule has 0 radical (unpaired) electrons. The number of thiophene rings is 1. The Morgan fingerprint density at radius 2 is 1.92 bits per heavy atom. The van der Waals surface area contributed by atoms with E-state index >= 15 is 0 Å². The minimum absolute atomic E-state index is 0.0166. The fourth-order valence-electron chi connectivity index (χ4n) is 1.97. The molecule has 0 unspecified atom stereocenters. The summed E-state index contributed by atoms with van der Waals surface area (Å²) >= 11 is 1.27. The van der Waals surface area contributed by atoms with Gasteiger partial charge in [0, 0.05) is 11.4 Å². The molecule has 1 N–H and O–H groups in total. The van der Waals surface area contributed by atoms with Gasteiger partial charge in [-0.2, -0.15) is 8.42 Å². The smallest absolute Gasteiger partial charge is 0.407 e. The number of rotatable bonds is 8. The predicted molar refractivity (Wildman–Crippen MR) is 97.9 cm³/mol. The molecule has 0 aliphatic rings. The Kier molecular flexibility index (Phi) is 8.04. The Morgan fingerprint density at radius 3 is 2.46 bits per heavy atom. The van der Waals surface area contributed by atoms with Crippen molar-refractivity contribution in [3.63, 3.8) is 0 Å². The Bertz CT molecular complexity index is 719. The van der Waals surface area contributed by atoms with Gasteiger partial charge in [0.25, 0.3) is 10.1 Å². The molecule has 10 heteroatoms. The van der Waals surface area contributed by atoms with Crippen molar-refractivity contribution in [3.05, 3.63) is 21.9 Å². The standard InChI is InChI=1S/C16H25NO7S2/c1-16(2,3)23-15(19)17-10-11(24-26(5,20)21)6-7-12-8-9-13(25-12)14(18)22-4/h8-9,11H,6-7,10H2,1-5H3,(H,17,19)/t11-/m0/s1. The molecule has 0 aromatic carbocycles. The first-order valence-electron chi connectivity index (χ1n) is 7.92. The van der Waals surface area contributed by atoms with Crippen molar-refractivity contribution in [3.8, 4) is 0 Å². The molecule has 1 rings (SSSR count). The van der Waals surface area contributed by atoms with E-state index in [2.05, 4.69) is 10.1 Å². The Hall–Kier alpha value is -1.65. The summed E-state index contributed by atoms with van der Waals surface area (Å²) in [7, 11) is -2.38. The first-order valence-corrected chi connectivity index (χ1v) is 10.5. The van der Waals surface area contributed by atoms with Gasteiger partial charge in [0.1, 0.15) is 10.5 Å². The zero-order valence-corrected chi connectivity index (χ0v) is 17.2. The third-order valence-electron chi connectivity index (χ3n) is 2.94. The third kappa shape index (κ3) is 9.16. The van der Waals surface area contributed by atoms with Crippen molar-refractivity contribution in [1.29, 1.82) is 0 Å². The zero-order valence-electron chi connectivity index (χ0n) is 15.5. The molecule has 1 amide bonds. The van der Waals surface area contributed by atoms with Crippen LogP contribution in [0.4, 0.5) is 4.79 Å². The second-order valence-electron chi connectivity index (χ2n) is 6.60. The highest BCUT2D eigenvalue weighted by Gasteiger charge is 2.20. The van der Waals surface area contributed by atoms with Gasteiger partial charge in [-0.25, -0.2) is 9.59 Å². The van der Waals surface area contributed by atoms with E-state index in [1.54, 1.807) is 32.9 Å². The molecule has 8 nitrogen and oxygen atoms in total. The molecule has 148 valence electrons. The number of methoxy groups -OCH3 is 1. The van der Waals surface area contributed by atoms with Gasteiger partial charge in [-0.15, -0.1) is 11.3 Å². The molecule has 1 atom stereocenters. The van der Waals surface area contributed by atoms with E-state index in [1.165, 1.54) is 18.4 Å². The molecule has 0 aliphatic heterocycles. The second kappa shape index (κ2) is 9.33. The molecule has 0 spiro atoms. The Balaban J connectivity index is 2.64. The first-order chi connectivity index (χ1) is 11.9. The maximum atomic E-state index is 11.7. The van der Waals surface area contributed by atoms with Gasteiger partial charge in [0.2, 0.25) is 0 Å². The van der Waals surface area contributed by atoms with Gasteiger partial charge in [0.05, 0.1) is 19.5 Å². The van der Waals surface area contributed by atoms with Crippen molar-refractivity contribution < 1.29 is 31.7 Å². The van der Waals surface area contributed by atoms with Crippen LogP contribution in [0, 0.1) is 0 Å². The zero-order chi connectivity index (χ0) is 20.0. The maximum absolute atomic E-state index is 11.7. The molecule has 1 heterocycles. The van der Waals surface area contributed by atoms with E-state index in [-0.39, 0.29) is 6.54 Å². The summed E-state index contributed by atoms with van der Waals surface area (Å²) in [6.45, 7) is 5.17. The van der Waals surface area contributed by atoms with Crippen LogP contribution in [-0.2, 0) is 30.2 Å². The molecular weight excluding hydrogens is 382 g/mol. The fraction of sp³-hybridized carbons (Fsp3) is 0.625. The summed E-state index contributed by atoms with van der Waals surface area (Å²) in [5.41, 5.74) is -0.654. The van der Waals surface area contributed by atoms with Crippen molar-refractivity contribution in [1.82, 2.24) is 5.32 Å². The molecule has 1 aromatic rings. The lowest BCUT2D eigenvalue weighted by molar-refractivity contribution is 0.0499. The highest BCUT2D eigenvalue weighted by molar-refractivity contribution is 7.86. The van der Waals surface area contributed by atoms with Crippen LogP contribution < -0.4 is 5.32 Å². The quantitative estimate of drug-likeness (QED) is 0.520. The SMILES string of the molecule is COC(=O)c1ccc(CC[C@@H](CNC(=O)OC(C)(C)C)OS(C)(=O)=O)s1. The van der Waals surface area contributed by atoms with Gasteiger partial charge >= 0.3 is 12.1 Å². The average molecular weight is 408 g/mol. The van der Waals surface area contributed by atoms with Crippen LogP contribution in [0.15, 0.2) is 12.1 Å². The number of amides is 1. The highest BCUT2D eigenvalue weighted by atomic mass is 32.2. The van der Waals surface area contributed by atoms with E-state index < -0.39 is 33.9 Å². The van der Waals surface area contributed by atoms with Crippen LogP contribution in [0.2, 0.25) is 0 Å². The van der Waals surface area contributed by atoms with Crippen LogP contribution >= 0.6 is 11.3 Å². The Labute approximate surface area is 157 Å². The maximum Gasteiger partial charge on any atom is 0.407 e. The average Bonchev–Trinajstić information content (AvgIpc) is 2.95. The first kappa shape index (κ1) is 22.4. The van der Waals surface area contributed by atoms with Gasteiger partial charge in [-0.1, -0.05) is 0 Å².